The van der Waals surface area contributed by atoms with Crippen molar-refractivity contribution in [3.05, 3.63) is 36.1 Å². The summed E-state index contributed by atoms with van der Waals surface area (Å²) in [6.07, 6.45) is 3.79. The fraction of sp³-hybridized carbons (Fsp3) is 0.526. The van der Waals surface area contributed by atoms with Crippen molar-refractivity contribution in [1.29, 1.82) is 0 Å². The first-order valence-electron chi connectivity index (χ1n) is 8.43. The standard InChI is InChI=1S/C19H22O6/c1-5-6-16(21)23-14-9-19(4)15(20)8-12(25-19)10(2)7-13-17(14)11(3)18(22)24-13/h5-6,8,10,13-14,17H,3,7,9H2,1-2,4H3. The molecule has 134 valence electrons. The van der Waals surface area contributed by atoms with Gasteiger partial charge in [0.15, 0.2) is 5.60 Å². The predicted octanol–water partition coefficient (Wildman–Crippen LogP) is 2.24. The third-order valence-electron chi connectivity index (χ3n) is 5.09. The van der Waals surface area contributed by atoms with Crippen LogP contribution in [0.5, 0.6) is 0 Å². The fourth-order valence-corrected chi connectivity index (χ4v) is 3.73. The van der Waals surface area contributed by atoms with E-state index in [2.05, 4.69) is 6.58 Å². The maximum atomic E-state index is 12.5. The average Bonchev–Trinajstić information content (AvgIpc) is 2.97. The lowest BCUT2D eigenvalue weighted by molar-refractivity contribution is -0.152. The molecular formula is C19H22O6. The number of ketones is 1. The highest BCUT2D eigenvalue weighted by Gasteiger charge is 2.53. The Balaban J connectivity index is 2.00. The number of rotatable bonds is 2. The summed E-state index contributed by atoms with van der Waals surface area (Å²) in [6.45, 7) is 9.14. The van der Waals surface area contributed by atoms with Gasteiger partial charge < -0.3 is 14.2 Å². The second-order valence-corrected chi connectivity index (χ2v) is 7.05. The Hall–Kier alpha value is -2.37. The molecule has 3 rings (SSSR count). The van der Waals surface area contributed by atoms with Gasteiger partial charge in [-0.1, -0.05) is 19.6 Å². The lowest BCUT2D eigenvalue weighted by Crippen LogP contribution is -2.42. The first-order chi connectivity index (χ1) is 11.7. The van der Waals surface area contributed by atoms with E-state index in [1.165, 1.54) is 12.2 Å². The lowest BCUT2D eigenvalue weighted by atomic mass is 9.80. The SMILES string of the molecule is C=C1C(=O)OC2CC(C)C3=CC(=O)C(C)(CC(OC(=O)C=CC)C12)O3. The van der Waals surface area contributed by atoms with Gasteiger partial charge in [-0.05, 0) is 20.3 Å². The Bertz CT molecular complexity index is 703. The molecule has 6 heteroatoms. The Kier molecular flexibility index (Phi) is 4.31. The van der Waals surface area contributed by atoms with E-state index in [0.29, 0.717) is 12.2 Å². The molecule has 0 saturated carbocycles. The van der Waals surface area contributed by atoms with Gasteiger partial charge in [0, 0.05) is 30.1 Å². The number of esters is 2. The monoisotopic (exact) mass is 346 g/mol. The maximum Gasteiger partial charge on any atom is 0.334 e. The highest BCUT2D eigenvalue weighted by atomic mass is 16.6. The summed E-state index contributed by atoms with van der Waals surface area (Å²) < 4.78 is 17.0. The van der Waals surface area contributed by atoms with Crippen LogP contribution in [-0.4, -0.2) is 35.5 Å². The molecule has 0 aliphatic carbocycles. The Morgan fingerprint density at radius 3 is 2.84 bits per heavy atom. The van der Waals surface area contributed by atoms with Crippen LogP contribution in [0.4, 0.5) is 0 Å². The van der Waals surface area contributed by atoms with Gasteiger partial charge in [-0.3, -0.25) is 4.79 Å². The van der Waals surface area contributed by atoms with Crippen molar-refractivity contribution in [2.45, 2.75) is 51.4 Å². The lowest BCUT2D eigenvalue weighted by Gasteiger charge is -2.31. The minimum atomic E-state index is -1.12. The zero-order valence-corrected chi connectivity index (χ0v) is 14.6. The predicted molar refractivity (Wildman–Crippen MR) is 88.2 cm³/mol. The third kappa shape index (κ3) is 3.01. The first kappa shape index (κ1) is 17.5. The summed E-state index contributed by atoms with van der Waals surface area (Å²) in [6, 6.07) is 0. The molecule has 25 heavy (non-hydrogen) atoms. The highest BCUT2D eigenvalue weighted by Crippen LogP contribution is 2.44. The summed E-state index contributed by atoms with van der Waals surface area (Å²) in [5.41, 5.74) is -0.844. The van der Waals surface area contributed by atoms with Crippen molar-refractivity contribution in [2.24, 2.45) is 11.8 Å². The van der Waals surface area contributed by atoms with Crippen LogP contribution in [0.3, 0.4) is 0 Å². The molecule has 0 aromatic heterocycles. The van der Waals surface area contributed by atoms with E-state index >= 15 is 0 Å². The molecule has 5 atom stereocenters. The average molecular weight is 346 g/mol. The van der Waals surface area contributed by atoms with Crippen LogP contribution in [0, 0.1) is 11.8 Å². The van der Waals surface area contributed by atoms with Gasteiger partial charge in [0.25, 0.3) is 0 Å². The Morgan fingerprint density at radius 1 is 1.44 bits per heavy atom. The number of ether oxygens (including phenoxy) is 3. The number of hydrogen-bond donors (Lipinski definition) is 0. The summed E-state index contributed by atoms with van der Waals surface area (Å²) >= 11 is 0. The Labute approximate surface area is 146 Å². The number of carbonyl (C=O) groups excluding carboxylic acids is 3. The Morgan fingerprint density at radius 2 is 2.16 bits per heavy atom. The molecule has 5 unspecified atom stereocenters. The summed E-state index contributed by atoms with van der Waals surface area (Å²) in [7, 11) is 0. The zero-order valence-electron chi connectivity index (χ0n) is 14.6. The first-order valence-corrected chi connectivity index (χ1v) is 8.43. The quantitative estimate of drug-likeness (QED) is 0.564. The van der Waals surface area contributed by atoms with Crippen LogP contribution in [0.2, 0.25) is 0 Å². The van der Waals surface area contributed by atoms with Crippen LogP contribution in [0.1, 0.15) is 33.6 Å². The molecule has 2 bridgehead atoms. The molecule has 3 heterocycles. The van der Waals surface area contributed by atoms with E-state index in [0.717, 1.165) is 0 Å². The third-order valence-corrected chi connectivity index (χ3v) is 5.09. The minimum absolute atomic E-state index is 0.0954. The van der Waals surface area contributed by atoms with E-state index < -0.39 is 35.7 Å². The number of hydrogen-bond acceptors (Lipinski definition) is 6. The van der Waals surface area contributed by atoms with Crippen LogP contribution < -0.4 is 0 Å². The normalized spacial score (nSPS) is 37.6. The van der Waals surface area contributed by atoms with Crippen molar-refractivity contribution >= 4 is 17.7 Å². The molecule has 3 aliphatic heterocycles. The minimum Gasteiger partial charge on any atom is -0.483 e. The number of allylic oxidation sites excluding steroid dienone is 2. The largest absolute Gasteiger partial charge is 0.483 e. The molecule has 0 N–H and O–H groups in total. The van der Waals surface area contributed by atoms with Crippen molar-refractivity contribution in [3.63, 3.8) is 0 Å². The summed E-state index contributed by atoms with van der Waals surface area (Å²) in [5.74, 6) is -1.17. The van der Waals surface area contributed by atoms with E-state index in [-0.39, 0.29) is 23.7 Å². The van der Waals surface area contributed by atoms with Gasteiger partial charge in [-0.15, -0.1) is 0 Å². The highest BCUT2D eigenvalue weighted by molar-refractivity contribution is 5.99. The van der Waals surface area contributed by atoms with Gasteiger partial charge in [-0.2, -0.15) is 0 Å². The molecule has 2 fully saturated rings. The van der Waals surface area contributed by atoms with Crippen LogP contribution in [-0.2, 0) is 28.6 Å². The van der Waals surface area contributed by atoms with Crippen LogP contribution in [0.25, 0.3) is 0 Å². The van der Waals surface area contributed by atoms with Gasteiger partial charge in [0.2, 0.25) is 5.78 Å². The summed E-state index contributed by atoms with van der Waals surface area (Å²) in [5, 5.41) is 0. The molecule has 0 radical (unpaired) electrons. The molecule has 0 spiro atoms. The van der Waals surface area contributed by atoms with Crippen LogP contribution in [0.15, 0.2) is 36.1 Å². The van der Waals surface area contributed by atoms with E-state index in [9.17, 15) is 14.4 Å². The van der Waals surface area contributed by atoms with Crippen LogP contribution >= 0.6 is 0 Å². The summed E-state index contributed by atoms with van der Waals surface area (Å²) in [4.78, 5) is 36.5. The molecule has 2 saturated heterocycles. The van der Waals surface area contributed by atoms with Gasteiger partial charge in [0.05, 0.1) is 5.92 Å². The number of fused-ring (bicyclic) bond motifs is 3. The molecule has 3 aliphatic rings. The van der Waals surface area contributed by atoms with E-state index in [1.807, 2.05) is 6.92 Å². The topological polar surface area (TPSA) is 78.9 Å². The van der Waals surface area contributed by atoms with E-state index in [1.54, 1.807) is 19.9 Å². The van der Waals surface area contributed by atoms with Gasteiger partial charge in [-0.25, -0.2) is 9.59 Å². The van der Waals surface area contributed by atoms with Gasteiger partial charge >= 0.3 is 11.9 Å². The molecule has 0 amide bonds. The van der Waals surface area contributed by atoms with Crippen molar-refractivity contribution in [2.75, 3.05) is 0 Å². The van der Waals surface area contributed by atoms with Crippen molar-refractivity contribution in [1.82, 2.24) is 0 Å². The fourth-order valence-electron chi connectivity index (χ4n) is 3.73. The van der Waals surface area contributed by atoms with Crippen molar-refractivity contribution < 1.29 is 28.6 Å². The molecule has 0 aromatic carbocycles. The molecular weight excluding hydrogens is 324 g/mol. The van der Waals surface area contributed by atoms with Gasteiger partial charge in [0.1, 0.15) is 18.0 Å². The zero-order chi connectivity index (χ0) is 18.4. The molecule has 6 nitrogen and oxygen atoms in total. The second-order valence-electron chi connectivity index (χ2n) is 7.05. The van der Waals surface area contributed by atoms with E-state index in [4.69, 9.17) is 14.2 Å². The second kappa shape index (κ2) is 6.17. The maximum absolute atomic E-state index is 12.5. The number of carbonyl (C=O) groups is 3. The molecule has 0 aromatic rings. The smallest absolute Gasteiger partial charge is 0.334 e. The van der Waals surface area contributed by atoms with Crippen molar-refractivity contribution in [3.8, 4) is 0 Å².